The van der Waals surface area contributed by atoms with Gasteiger partial charge >= 0.3 is 6.03 Å². The molecule has 2 aromatic carbocycles. The number of rotatable bonds is 7. The molecule has 2 rings (SSSR count). The molecule has 0 saturated heterocycles. The molecule has 2 atom stereocenters. The van der Waals surface area contributed by atoms with E-state index in [1.165, 1.54) is 5.56 Å². The molecule has 0 unspecified atom stereocenters. The van der Waals surface area contributed by atoms with Crippen molar-refractivity contribution >= 4 is 11.9 Å². The minimum Gasteiger partial charge on any atom is -0.351 e. The molecule has 5 nitrogen and oxygen atoms in total. The molecule has 2 aromatic rings. The largest absolute Gasteiger partial charge is 0.351 e. The van der Waals surface area contributed by atoms with E-state index in [1.807, 2.05) is 35.6 Å². The van der Waals surface area contributed by atoms with Gasteiger partial charge in [-0.3, -0.25) is 10.1 Å². The highest BCUT2D eigenvalue weighted by Gasteiger charge is 2.31. The van der Waals surface area contributed by atoms with Crippen molar-refractivity contribution in [3.05, 3.63) is 71.3 Å². The number of nitrogens with one attached hydrogen (secondary N) is 1. The molecule has 138 valence electrons. The standard InChI is InChI=1S/C21H27N3O2/c1-4-15-10-12-17(13-11-15)18(14(2)3)23-19(20(25)24-21(22)26)16-8-6-5-7-9-16/h5-14,18-19,23H,4H2,1-3H3,(H3,22,24,25,26)/p+1/t18-,19-/m0/s1. The monoisotopic (exact) mass is 354 g/mol. The van der Waals surface area contributed by atoms with Crippen LogP contribution in [0, 0.1) is 5.92 Å². The van der Waals surface area contributed by atoms with Crippen LogP contribution in [0.1, 0.15) is 49.5 Å². The molecule has 5 N–H and O–H groups in total. The third kappa shape index (κ3) is 5.17. The highest BCUT2D eigenvalue weighted by molar-refractivity contribution is 5.96. The molecule has 0 aromatic heterocycles. The van der Waals surface area contributed by atoms with Gasteiger partial charge in [0, 0.05) is 17.0 Å². The van der Waals surface area contributed by atoms with Crippen molar-refractivity contribution in [2.24, 2.45) is 11.7 Å². The van der Waals surface area contributed by atoms with Gasteiger partial charge in [0.15, 0.2) is 6.04 Å². The normalized spacial score (nSPS) is 13.2. The van der Waals surface area contributed by atoms with E-state index >= 15 is 0 Å². The summed E-state index contributed by atoms with van der Waals surface area (Å²) in [5.41, 5.74) is 8.43. The predicted octanol–water partition coefficient (Wildman–Crippen LogP) is 2.45. The first kappa shape index (κ1) is 19.7. The van der Waals surface area contributed by atoms with E-state index in [2.05, 4.69) is 50.4 Å². The van der Waals surface area contributed by atoms with Crippen molar-refractivity contribution in [1.29, 1.82) is 0 Å². The SMILES string of the molecule is CCc1ccc([C@@H]([NH2+][C@H](C(=O)NC(N)=O)c2ccccc2)C(C)C)cc1. The Bertz CT molecular complexity index is 727. The number of carbonyl (C=O) groups excluding carboxylic acids is 2. The van der Waals surface area contributed by atoms with Crippen molar-refractivity contribution in [3.8, 4) is 0 Å². The number of quaternary nitrogens is 1. The minimum absolute atomic E-state index is 0.0738. The van der Waals surface area contributed by atoms with Crippen LogP contribution < -0.4 is 16.4 Å². The van der Waals surface area contributed by atoms with Gasteiger partial charge in [0.1, 0.15) is 6.04 Å². The summed E-state index contributed by atoms with van der Waals surface area (Å²) >= 11 is 0. The lowest BCUT2D eigenvalue weighted by molar-refractivity contribution is -0.728. The van der Waals surface area contributed by atoms with E-state index in [-0.39, 0.29) is 6.04 Å². The Morgan fingerprint density at radius 3 is 2.12 bits per heavy atom. The van der Waals surface area contributed by atoms with E-state index in [0.717, 1.165) is 17.5 Å². The molecule has 0 radical (unpaired) electrons. The zero-order valence-electron chi connectivity index (χ0n) is 15.6. The van der Waals surface area contributed by atoms with Crippen LogP contribution in [-0.4, -0.2) is 11.9 Å². The van der Waals surface area contributed by atoms with Crippen molar-refractivity contribution < 1.29 is 14.9 Å². The van der Waals surface area contributed by atoms with Gasteiger partial charge in [0.25, 0.3) is 5.91 Å². The summed E-state index contributed by atoms with van der Waals surface area (Å²) in [4.78, 5) is 23.8. The van der Waals surface area contributed by atoms with Crippen LogP contribution in [0.4, 0.5) is 4.79 Å². The molecule has 5 heteroatoms. The van der Waals surface area contributed by atoms with Crippen LogP contribution in [0.5, 0.6) is 0 Å². The quantitative estimate of drug-likeness (QED) is 0.713. The first-order chi connectivity index (χ1) is 12.4. The van der Waals surface area contributed by atoms with Gasteiger partial charge in [-0.1, -0.05) is 75.4 Å². The van der Waals surface area contributed by atoms with Crippen LogP contribution in [0.25, 0.3) is 0 Å². The number of primary amides is 1. The summed E-state index contributed by atoms with van der Waals surface area (Å²) in [7, 11) is 0. The molecule has 3 amide bonds. The van der Waals surface area contributed by atoms with Gasteiger partial charge in [0.2, 0.25) is 0 Å². The van der Waals surface area contributed by atoms with Gasteiger partial charge in [-0.15, -0.1) is 0 Å². The maximum absolute atomic E-state index is 12.6. The fourth-order valence-electron chi connectivity index (χ4n) is 3.11. The van der Waals surface area contributed by atoms with Gasteiger partial charge in [-0.05, 0) is 12.0 Å². The number of imide groups is 1. The van der Waals surface area contributed by atoms with E-state index < -0.39 is 18.0 Å². The van der Waals surface area contributed by atoms with Gasteiger partial charge < -0.3 is 11.1 Å². The second-order valence-electron chi connectivity index (χ2n) is 6.80. The molecule has 0 aliphatic rings. The topological polar surface area (TPSA) is 88.8 Å². The lowest BCUT2D eigenvalue weighted by atomic mass is 9.93. The molecular weight excluding hydrogens is 326 g/mol. The predicted molar refractivity (Wildman–Crippen MR) is 102 cm³/mol. The number of carbonyl (C=O) groups is 2. The summed E-state index contributed by atoms with van der Waals surface area (Å²) in [6.45, 7) is 6.38. The Hall–Kier alpha value is -2.66. The first-order valence-electron chi connectivity index (χ1n) is 9.01. The fourth-order valence-corrected chi connectivity index (χ4v) is 3.11. The number of nitrogens with two attached hydrogens (primary N) is 2. The van der Waals surface area contributed by atoms with Gasteiger partial charge in [0.05, 0.1) is 0 Å². The van der Waals surface area contributed by atoms with Crippen LogP contribution in [0.15, 0.2) is 54.6 Å². The Labute approximate surface area is 155 Å². The van der Waals surface area contributed by atoms with Crippen molar-refractivity contribution in [2.75, 3.05) is 0 Å². The Balaban J connectivity index is 2.32. The van der Waals surface area contributed by atoms with E-state index in [4.69, 9.17) is 5.73 Å². The molecule has 26 heavy (non-hydrogen) atoms. The Morgan fingerprint density at radius 1 is 1.00 bits per heavy atom. The molecule has 0 saturated carbocycles. The van der Waals surface area contributed by atoms with Crippen LogP contribution >= 0.6 is 0 Å². The second kappa shape index (κ2) is 9.15. The number of urea groups is 1. The lowest BCUT2D eigenvalue weighted by Gasteiger charge is -2.25. The maximum atomic E-state index is 12.6. The van der Waals surface area contributed by atoms with E-state index in [0.29, 0.717) is 5.92 Å². The van der Waals surface area contributed by atoms with Crippen molar-refractivity contribution in [2.45, 2.75) is 39.3 Å². The third-order valence-corrected chi connectivity index (χ3v) is 4.58. The molecule has 0 spiro atoms. The summed E-state index contributed by atoms with van der Waals surface area (Å²) < 4.78 is 0. The minimum atomic E-state index is -0.835. The molecule has 0 heterocycles. The fraction of sp³-hybridized carbons (Fsp3) is 0.333. The number of hydrogen-bond donors (Lipinski definition) is 3. The van der Waals surface area contributed by atoms with Crippen molar-refractivity contribution in [1.82, 2.24) is 5.32 Å². The third-order valence-electron chi connectivity index (χ3n) is 4.58. The van der Waals surface area contributed by atoms with Crippen molar-refractivity contribution in [3.63, 3.8) is 0 Å². The highest BCUT2D eigenvalue weighted by atomic mass is 16.2. The maximum Gasteiger partial charge on any atom is 0.319 e. The summed E-state index contributed by atoms with van der Waals surface area (Å²) in [6, 6.07) is 16.6. The summed E-state index contributed by atoms with van der Waals surface area (Å²) in [6.07, 6.45) is 0.990. The molecule has 0 aliphatic carbocycles. The second-order valence-corrected chi connectivity index (χ2v) is 6.80. The summed E-state index contributed by atoms with van der Waals surface area (Å²) in [5, 5.41) is 4.24. The number of hydrogen-bond acceptors (Lipinski definition) is 2. The Kier molecular flexibility index (Phi) is 6.92. The van der Waals surface area contributed by atoms with Gasteiger partial charge in [-0.25, -0.2) is 4.79 Å². The smallest absolute Gasteiger partial charge is 0.319 e. The number of aryl methyl sites for hydroxylation is 1. The average molecular weight is 354 g/mol. The van der Waals surface area contributed by atoms with E-state index in [9.17, 15) is 9.59 Å². The average Bonchev–Trinajstić information content (AvgIpc) is 2.62. The first-order valence-corrected chi connectivity index (χ1v) is 9.01. The van der Waals surface area contributed by atoms with Crippen LogP contribution in [0.2, 0.25) is 0 Å². The highest BCUT2D eigenvalue weighted by Crippen LogP contribution is 2.21. The Morgan fingerprint density at radius 2 is 1.62 bits per heavy atom. The molecule has 0 aliphatic heterocycles. The van der Waals surface area contributed by atoms with E-state index in [1.54, 1.807) is 0 Å². The van der Waals surface area contributed by atoms with Gasteiger partial charge in [-0.2, -0.15) is 0 Å². The van der Waals surface area contributed by atoms with Crippen LogP contribution in [-0.2, 0) is 11.2 Å². The molecule has 0 bridgehead atoms. The number of benzene rings is 2. The lowest BCUT2D eigenvalue weighted by Crippen LogP contribution is -2.89. The zero-order chi connectivity index (χ0) is 19.1. The summed E-state index contributed by atoms with van der Waals surface area (Å²) in [5.74, 6) is -0.102. The zero-order valence-corrected chi connectivity index (χ0v) is 15.6. The number of amides is 3. The molecule has 0 fully saturated rings. The molecular formula is C21H28N3O2+. The van der Waals surface area contributed by atoms with Crippen LogP contribution in [0.3, 0.4) is 0 Å².